The standard InChI is InChI=1S/C18H21N3O/c22-18-14-21(11-9-16-8-4-5-10-19-16)13-17(20-18)12-15-6-2-1-3-7-15/h1-8,10,17H,9,11-14H2,(H,20,22)/t17-/m0/s1. The number of amides is 1. The van der Waals surface area contributed by atoms with E-state index in [1.807, 2.05) is 42.6 Å². The number of piperazine rings is 1. The molecule has 1 aliphatic rings. The third-order valence-electron chi connectivity index (χ3n) is 3.95. The predicted molar refractivity (Wildman–Crippen MR) is 86.5 cm³/mol. The Morgan fingerprint density at radius 2 is 1.95 bits per heavy atom. The van der Waals surface area contributed by atoms with Crippen LogP contribution in [0.15, 0.2) is 54.7 Å². The van der Waals surface area contributed by atoms with E-state index in [0.29, 0.717) is 6.54 Å². The van der Waals surface area contributed by atoms with Crippen molar-refractivity contribution in [3.63, 3.8) is 0 Å². The van der Waals surface area contributed by atoms with Gasteiger partial charge in [0, 0.05) is 37.4 Å². The van der Waals surface area contributed by atoms with Crippen LogP contribution in [0.5, 0.6) is 0 Å². The molecule has 1 saturated heterocycles. The molecule has 1 aromatic carbocycles. The van der Waals surface area contributed by atoms with Gasteiger partial charge in [-0.3, -0.25) is 14.7 Å². The maximum Gasteiger partial charge on any atom is 0.234 e. The SMILES string of the molecule is O=C1CN(CCc2ccccn2)C[C@H](Cc2ccccc2)N1. The number of carbonyl (C=O) groups excluding carboxylic acids is 1. The summed E-state index contributed by atoms with van der Waals surface area (Å²) >= 11 is 0. The van der Waals surface area contributed by atoms with Crippen LogP contribution in [0.25, 0.3) is 0 Å². The van der Waals surface area contributed by atoms with E-state index >= 15 is 0 Å². The lowest BCUT2D eigenvalue weighted by Crippen LogP contribution is -2.55. The second kappa shape index (κ2) is 7.18. The fourth-order valence-corrected chi connectivity index (χ4v) is 2.90. The summed E-state index contributed by atoms with van der Waals surface area (Å²) < 4.78 is 0. The van der Waals surface area contributed by atoms with E-state index in [1.165, 1.54) is 5.56 Å². The normalized spacial score (nSPS) is 18.9. The molecular formula is C18H21N3O. The van der Waals surface area contributed by atoms with Gasteiger partial charge in [-0.05, 0) is 24.1 Å². The number of pyridine rings is 1. The summed E-state index contributed by atoms with van der Waals surface area (Å²) in [5.74, 6) is 0.119. The molecule has 3 rings (SSSR count). The van der Waals surface area contributed by atoms with Gasteiger partial charge >= 0.3 is 0 Å². The Hall–Kier alpha value is -2.20. The molecular weight excluding hydrogens is 274 g/mol. The second-order valence-electron chi connectivity index (χ2n) is 5.76. The van der Waals surface area contributed by atoms with Crippen LogP contribution in [0, 0.1) is 0 Å². The summed E-state index contributed by atoms with van der Waals surface area (Å²) in [5, 5.41) is 3.10. The molecule has 0 aliphatic carbocycles. The van der Waals surface area contributed by atoms with Crippen molar-refractivity contribution in [1.29, 1.82) is 0 Å². The van der Waals surface area contributed by atoms with Gasteiger partial charge in [-0.15, -0.1) is 0 Å². The average Bonchev–Trinajstić information content (AvgIpc) is 2.54. The van der Waals surface area contributed by atoms with E-state index in [2.05, 4.69) is 27.3 Å². The molecule has 2 heterocycles. The molecule has 1 aliphatic heterocycles. The van der Waals surface area contributed by atoms with Gasteiger partial charge in [0.1, 0.15) is 0 Å². The molecule has 1 fully saturated rings. The van der Waals surface area contributed by atoms with Crippen LogP contribution < -0.4 is 5.32 Å². The number of carbonyl (C=O) groups is 1. The third-order valence-corrected chi connectivity index (χ3v) is 3.95. The summed E-state index contributed by atoms with van der Waals surface area (Å²) in [6, 6.07) is 16.5. The van der Waals surface area contributed by atoms with Crippen molar-refractivity contribution < 1.29 is 4.79 Å². The van der Waals surface area contributed by atoms with Crippen molar-refractivity contribution in [1.82, 2.24) is 15.2 Å². The van der Waals surface area contributed by atoms with Crippen LogP contribution in [0.3, 0.4) is 0 Å². The van der Waals surface area contributed by atoms with E-state index < -0.39 is 0 Å². The number of nitrogens with zero attached hydrogens (tertiary/aromatic N) is 2. The molecule has 0 bridgehead atoms. The minimum atomic E-state index is 0.119. The van der Waals surface area contributed by atoms with Crippen LogP contribution in [0.1, 0.15) is 11.3 Å². The Kier molecular flexibility index (Phi) is 4.81. The molecule has 0 saturated carbocycles. The van der Waals surface area contributed by atoms with Gasteiger partial charge < -0.3 is 5.32 Å². The summed E-state index contributed by atoms with van der Waals surface area (Å²) in [6.07, 6.45) is 3.58. The Morgan fingerprint density at radius 1 is 1.14 bits per heavy atom. The van der Waals surface area contributed by atoms with Gasteiger partial charge in [0.25, 0.3) is 0 Å². The van der Waals surface area contributed by atoms with Crippen molar-refractivity contribution in [2.75, 3.05) is 19.6 Å². The largest absolute Gasteiger partial charge is 0.351 e. The lowest BCUT2D eigenvalue weighted by Gasteiger charge is -2.33. The highest BCUT2D eigenvalue weighted by molar-refractivity contribution is 5.79. The van der Waals surface area contributed by atoms with Gasteiger partial charge in [-0.1, -0.05) is 36.4 Å². The fraction of sp³-hybridized carbons (Fsp3) is 0.333. The van der Waals surface area contributed by atoms with Crippen molar-refractivity contribution in [2.24, 2.45) is 0 Å². The minimum absolute atomic E-state index is 0.119. The zero-order valence-electron chi connectivity index (χ0n) is 12.6. The van der Waals surface area contributed by atoms with Gasteiger partial charge in [-0.25, -0.2) is 0 Å². The predicted octanol–water partition coefficient (Wildman–Crippen LogP) is 1.67. The average molecular weight is 295 g/mol. The lowest BCUT2D eigenvalue weighted by molar-refractivity contribution is -0.125. The van der Waals surface area contributed by atoms with Crippen molar-refractivity contribution >= 4 is 5.91 Å². The molecule has 0 spiro atoms. The molecule has 1 N–H and O–H groups in total. The van der Waals surface area contributed by atoms with E-state index in [-0.39, 0.29) is 11.9 Å². The molecule has 0 unspecified atom stereocenters. The van der Waals surface area contributed by atoms with Gasteiger partial charge in [-0.2, -0.15) is 0 Å². The highest BCUT2D eigenvalue weighted by Crippen LogP contribution is 2.09. The first-order valence-corrected chi connectivity index (χ1v) is 7.75. The molecule has 0 radical (unpaired) electrons. The van der Waals surface area contributed by atoms with Crippen LogP contribution in [-0.2, 0) is 17.6 Å². The van der Waals surface area contributed by atoms with Gasteiger partial charge in [0.2, 0.25) is 5.91 Å². The first kappa shape index (κ1) is 14.7. The molecule has 2 aromatic rings. The molecule has 22 heavy (non-hydrogen) atoms. The fourth-order valence-electron chi connectivity index (χ4n) is 2.90. The Bertz CT molecular complexity index is 600. The quantitative estimate of drug-likeness (QED) is 0.912. The van der Waals surface area contributed by atoms with Crippen molar-refractivity contribution in [2.45, 2.75) is 18.9 Å². The van der Waals surface area contributed by atoms with Crippen LogP contribution in [-0.4, -0.2) is 41.5 Å². The molecule has 4 heteroatoms. The third kappa shape index (κ3) is 4.15. The van der Waals surface area contributed by atoms with E-state index in [9.17, 15) is 4.79 Å². The minimum Gasteiger partial charge on any atom is -0.351 e. The summed E-state index contributed by atoms with van der Waals surface area (Å²) in [7, 11) is 0. The molecule has 1 amide bonds. The highest BCUT2D eigenvalue weighted by atomic mass is 16.2. The van der Waals surface area contributed by atoms with E-state index in [4.69, 9.17) is 0 Å². The van der Waals surface area contributed by atoms with Crippen molar-refractivity contribution in [3.8, 4) is 0 Å². The Labute approximate surface area is 131 Å². The highest BCUT2D eigenvalue weighted by Gasteiger charge is 2.24. The maximum atomic E-state index is 11.9. The van der Waals surface area contributed by atoms with Crippen LogP contribution in [0.2, 0.25) is 0 Å². The Morgan fingerprint density at radius 3 is 2.73 bits per heavy atom. The number of hydrogen-bond acceptors (Lipinski definition) is 3. The maximum absolute atomic E-state index is 11.9. The number of benzene rings is 1. The lowest BCUT2D eigenvalue weighted by atomic mass is 10.0. The van der Waals surface area contributed by atoms with Crippen LogP contribution in [0.4, 0.5) is 0 Å². The van der Waals surface area contributed by atoms with E-state index in [1.54, 1.807) is 0 Å². The van der Waals surface area contributed by atoms with Gasteiger partial charge in [0.05, 0.1) is 6.54 Å². The molecule has 1 aromatic heterocycles. The number of nitrogens with one attached hydrogen (secondary N) is 1. The van der Waals surface area contributed by atoms with Crippen LogP contribution >= 0.6 is 0 Å². The zero-order valence-corrected chi connectivity index (χ0v) is 12.6. The Balaban J connectivity index is 1.55. The topological polar surface area (TPSA) is 45.2 Å². The summed E-state index contributed by atoms with van der Waals surface area (Å²) in [5.41, 5.74) is 2.34. The molecule has 4 nitrogen and oxygen atoms in total. The number of aromatic nitrogens is 1. The first-order chi connectivity index (χ1) is 10.8. The smallest absolute Gasteiger partial charge is 0.234 e. The summed E-state index contributed by atoms with van der Waals surface area (Å²) in [4.78, 5) is 18.5. The second-order valence-corrected chi connectivity index (χ2v) is 5.76. The van der Waals surface area contributed by atoms with Crippen molar-refractivity contribution in [3.05, 3.63) is 66.0 Å². The monoisotopic (exact) mass is 295 g/mol. The molecule has 114 valence electrons. The van der Waals surface area contributed by atoms with Gasteiger partial charge in [0.15, 0.2) is 0 Å². The number of hydrogen-bond donors (Lipinski definition) is 1. The molecule has 1 atom stereocenters. The summed E-state index contributed by atoms with van der Waals surface area (Å²) in [6.45, 7) is 2.25. The zero-order chi connectivity index (χ0) is 15.2. The van der Waals surface area contributed by atoms with E-state index in [0.717, 1.165) is 31.6 Å². The number of rotatable bonds is 5. The first-order valence-electron chi connectivity index (χ1n) is 7.75.